The Bertz CT molecular complexity index is 1490. The van der Waals surface area contributed by atoms with Crippen molar-refractivity contribution in [1.82, 2.24) is 0 Å². The molecule has 216 valence electrons. The Balaban J connectivity index is 1.58. The minimum absolute atomic E-state index is 0.316. The van der Waals surface area contributed by atoms with Crippen LogP contribution in [0.25, 0.3) is 0 Å². The summed E-state index contributed by atoms with van der Waals surface area (Å²) in [6, 6.07) is 13.6. The highest BCUT2D eigenvalue weighted by molar-refractivity contribution is 9.10. The number of amides is 2. The third-order valence-corrected chi connectivity index (χ3v) is 8.27. The van der Waals surface area contributed by atoms with Crippen LogP contribution < -0.4 is 9.80 Å². The molecule has 0 radical (unpaired) electrons. The number of ether oxygens (including phenoxy) is 2. The van der Waals surface area contributed by atoms with Gasteiger partial charge in [0, 0.05) is 28.4 Å². The quantitative estimate of drug-likeness (QED) is 0.346. The maximum absolute atomic E-state index is 13.5. The molecule has 8 nitrogen and oxygen atoms in total. The zero-order valence-electron chi connectivity index (χ0n) is 25.0. The van der Waals surface area contributed by atoms with Crippen LogP contribution in [-0.4, -0.2) is 36.5 Å². The molecule has 41 heavy (non-hydrogen) atoms. The molecule has 9 heteroatoms. The van der Waals surface area contributed by atoms with Crippen molar-refractivity contribution in [2.24, 2.45) is 0 Å². The van der Waals surface area contributed by atoms with Crippen LogP contribution >= 0.6 is 15.9 Å². The van der Waals surface area contributed by atoms with E-state index in [1.54, 1.807) is 21.9 Å². The summed E-state index contributed by atoms with van der Waals surface area (Å²) in [6.45, 7) is 16.1. The SMILES string of the molecule is CC(C)(C)OC(=O)N1CC(C)(CCC(C)(C)OC(=O)N2CC(C)(C)c3cccc(C#N)c32)c2cc(Br)cc(C#N)c21. The second-order valence-corrected chi connectivity index (χ2v) is 14.4. The van der Waals surface area contributed by atoms with Crippen LogP contribution in [0.5, 0.6) is 0 Å². The van der Waals surface area contributed by atoms with E-state index in [4.69, 9.17) is 9.47 Å². The van der Waals surface area contributed by atoms with Crippen LogP contribution in [0.15, 0.2) is 34.8 Å². The number of hydrogen-bond acceptors (Lipinski definition) is 6. The Labute approximate surface area is 250 Å². The first-order valence-electron chi connectivity index (χ1n) is 13.7. The molecule has 1 atom stereocenters. The van der Waals surface area contributed by atoms with Gasteiger partial charge in [-0.2, -0.15) is 10.5 Å². The molecule has 2 aliphatic rings. The van der Waals surface area contributed by atoms with Crippen molar-refractivity contribution >= 4 is 39.5 Å². The molecule has 4 rings (SSSR count). The molecule has 2 amide bonds. The number of nitrogens with zero attached hydrogens (tertiary/aromatic N) is 4. The number of rotatable bonds is 4. The third-order valence-electron chi connectivity index (χ3n) is 7.81. The van der Waals surface area contributed by atoms with Crippen LogP contribution in [0.1, 0.15) is 90.5 Å². The Morgan fingerprint density at radius 1 is 0.902 bits per heavy atom. The molecule has 0 spiro atoms. The number of anilines is 2. The zero-order valence-corrected chi connectivity index (χ0v) is 26.6. The van der Waals surface area contributed by atoms with Gasteiger partial charge >= 0.3 is 12.2 Å². The highest BCUT2D eigenvalue weighted by atomic mass is 79.9. The number of carbonyl (C=O) groups is 2. The topological polar surface area (TPSA) is 107 Å². The molecular weight excluding hydrogens is 584 g/mol. The van der Waals surface area contributed by atoms with Crippen LogP contribution in [0, 0.1) is 22.7 Å². The molecule has 0 N–H and O–H groups in total. The normalized spacial score (nSPS) is 19.2. The largest absolute Gasteiger partial charge is 0.443 e. The third kappa shape index (κ3) is 5.92. The summed E-state index contributed by atoms with van der Waals surface area (Å²) in [4.78, 5) is 29.9. The molecule has 2 aromatic carbocycles. The van der Waals surface area contributed by atoms with E-state index in [-0.39, 0.29) is 5.41 Å². The number of carbonyl (C=O) groups excluding carboxylic acids is 2. The van der Waals surface area contributed by atoms with Gasteiger partial charge in [-0.05, 0) is 76.8 Å². The fourth-order valence-electron chi connectivity index (χ4n) is 5.74. The van der Waals surface area contributed by atoms with Gasteiger partial charge in [-0.25, -0.2) is 9.59 Å². The van der Waals surface area contributed by atoms with Crippen molar-refractivity contribution in [3.05, 3.63) is 57.1 Å². The molecule has 0 aromatic heterocycles. The van der Waals surface area contributed by atoms with Crippen molar-refractivity contribution in [1.29, 1.82) is 10.5 Å². The zero-order chi connectivity index (χ0) is 30.5. The first-order chi connectivity index (χ1) is 18.9. The predicted octanol–water partition coefficient (Wildman–Crippen LogP) is 7.70. The van der Waals surface area contributed by atoms with Crippen LogP contribution in [0.2, 0.25) is 0 Å². The summed E-state index contributed by atoms with van der Waals surface area (Å²) in [5.41, 5.74) is 1.43. The lowest BCUT2D eigenvalue weighted by Crippen LogP contribution is -2.42. The van der Waals surface area contributed by atoms with Crippen LogP contribution in [-0.2, 0) is 20.3 Å². The van der Waals surface area contributed by atoms with E-state index >= 15 is 0 Å². The van der Waals surface area contributed by atoms with Gasteiger partial charge in [0.1, 0.15) is 23.3 Å². The van der Waals surface area contributed by atoms with Crippen molar-refractivity contribution in [2.75, 3.05) is 22.9 Å². The average molecular weight is 622 g/mol. The van der Waals surface area contributed by atoms with Gasteiger partial charge in [0.15, 0.2) is 0 Å². The second kappa shape index (κ2) is 10.4. The number of fused-ring (bicyclic) bond motifs is 2. The highest BCUT2D eigenvalue weighted by Gasteiger charge is 2.46. The molecule has 0 saturated heterocycles. The Hall–Kier alpha value is -3.56. The van der Waals surface area contributed by atoms with Gasteiger partial charge in [-0.3, -0.25) is 9.80 Å². The van der Waals surface area contributed by atoms with Gasteiger partial charge in [-0.1, -0.05) is 48.8 Å². The maximum atomic E-state index is 13.5. The summed E-state index contributed by atoms with van der Waals surface area (Å²) in [6.07, 6.45) is 0.0729. The lowest BCUT2D eigenvalue weighted by molar-refractivity contribution is 0.0318. The van der Waals surface area contributed by atoms with Crippen LogP contribution in [0.3, 0.4) is 0 Å². The predicted molar refractivity (Wildman–Crippen MR) is 161 cm³/mol. The molecule has 1 unspecified atom stereocenters. The summed E-state index contributed by atoms with van der Waals surface area (Å²) < 4.78 is 12.5. The Kier molecular flexibility index (Phi) is 7.69. The lowest BCUT2D eigenvalue weighted by Gasteiger charge is -2.33. The first-order valence-corrected chi connectivity index (χ1v) is 14.5. The lowest BCUT2D eigenvalue weighted by atomic mass is 9.77. The Morgan fingerprint density at radius 3 is 2.10 bits per heavy atom. The number of hydrogen-bond donors (Lipinski definition) is 0. The summed E-state index contributed by atoms with van der Waals surface area (Å²) >= 11 is 3.53. The molecule has 0 saturated carbocycles. The summed E-state index contributed by atoms with van der Waals surface area (Å²) in [7, 11) is 0. The molecule has 0 aliphatic carbocycles. The molecule has 2 aliphatic heterocycles. The standard InChI is InChI=1S/C32H37BrN4O4/c1-29(2,3)40-27(38)37-19-32(8,24-15-22(33)14-21(17-35)26(24)37)13-12-31(6,7)41-28(39)36-18-30(4,5)23-11-9-10-20(16-34)25(23)36/h9-11,14-15H,12-13,18-19H2,1-8H3. The molecule has 2 heterocycles. The van der Waals surface area contributed by atoms with E-state index in [0.717, 1.165) is 15.6 Å². The van der Waals surface area contributed by atoms with Gasteiger partial charge in [-0.15, -0.1) is 0 Å². The molecular formula is C32H37BrN4O4. The van der Waals surface area contributed by atoms with E-state index < -0.39 is 28.8 Å². The fourth-order valence-corrected chi connectivity index (χ4v) is 6.20. The number of para-hydroxylation sites is 1. The van der Waals surface area contributed by atoms with Crippen molar-refractivity contribution in [3.63, 3.8) is 0 Å². The first kappa shape index (κ1) is 30.4. The van der Waals surface area contributed by atoms with Gasteiger partial charge in [0.05, 0.1) is 22.5 Å². The summed E-state index contributed by atoms with van der Waals surface area (Å²) in [5.74, 6) is 0. The van der Waals surface area contributed by atoms with Crippen molar-refractivity contribution < 1.29 is 19.1 Å². The molecule has 2 aromatic rings. The van der Waals surface area contributed by atoms with E-state index in [9.17, 15) is 20.1 Å². The monoisotopic (exact) mass is 620 g/mol. The number of benzene rings is 2. The van der Waals surface area contributed by atoms with Gasteiger partial charge in [0.25, 0.3) is 0 Å². The van der Waals surface area contributed by atoms with Gasteiger partial charge in [0.2, 0.25) is 0 Å². The molecule has 0 fully saturated rings. The van der Waals surface area contributed by atoms with E-state index in [1.807, 2.05) is 66.7 Å². The minimum atomic E-state index is -0.849. The fraction of sp³-hybridized carbons (Fsp3) is 0.500. The second-order valence-electron chi connectivity index (χ2n) is 13.5. The van der Waals surface area contributed by atoms with E-state index in [0.29, 0.717) is 48.4 Å². The van der Waals surface area contributed by atoms with Crippen molar-refractivity contribution in [3.8, 4) is 12.1 Å². The Morgan fingerprint density at radius 2 is 1.49 bits per heavy atom. The number of nitriles is 2. The maximum Gasteiger partial charge on any atom is 0.414 e. The van der Waals surface area contributed by atoms with Crippen LogP contribution in [0.4, 0.5) is 21.0 Å². The molecule has 0 bridgehead atoms. The van der Waals surface area contributed by atoms with E-state index in [1.165, 1.54) is 0 Å². The minimum Gasteiger partial charge on any atom is -0.443 e. The van der Waals surface area contributed by atoms with E-state index in [2.05, 4.69) is 35.0 Å². The number of halogens is 1. The summed E-state index contributed by atoms with van der Waals surface area (Å²) in [5, 5.41) is 19.6. The smallest absolute Gasteiger partial charge is 0.414 e. The average Bonchev–Trinajstić information content (AvgIpc) is 3.32. The van der Waals surface area contributed by atoms with Gasteiger partial charge < -0.3 is 9.47 Å². The van der Waals surface area contributed by atoms with Crippen molar-refractivity contribution in [2.45, 2.75) is 90.3 Å². The highest BCUT2D eigenvalue weighted by Crippen LogP contribution is 2.48.